The van der Waals surface area contributed by atoms with Crippen molar-refractivity contribution in [3.05, 3.63) is 35.9 Å². The molecule has 0 aromatic heterocycles. The van der Waals surface area contributed by atoms with E-state index in [1.165, 1.54) is 43.6 Å². The zero-order chi connectivity index (χ0) is 11.2. The Morgan fingerprint density at radius 1 is 1.06 bits per heavy atom. The number of benzene rings is 1. The summed E-state index contributed by atoms with van der Waals surface area (Å²) in [6, 6.07) is 8.87. The Morgan fingerprint density at radius 3 is 2.38 bits per heavy atom. The van der Waals surface area contributed by atoms with Crippen molar-refractivity contribution in [2.75, 3.05) is 23.3 Å². The summed E-state index contributed by atoms with van der Waals surface area (Å²) in [5.41, 5.74) is 2.65. The molecule has 1 aromatic carbocycles. The van der Waals surface area contributed by atoms with Crippen molar-refractivity contribution in [1.82, 2.24) is 0 Å². The van der Waals surface area contributed by atoms with Gasteiger partial charge in [0.1, 0.15) is 0 Å². The van der Waals surface area contributed by atoms with Crippen LogP contribution in [0.4, 0.5) is 5.69 Å². The number of halogens is 1. The molecule has 0 atom stereocenters. The number of hydrogen-bond donors (Lipinski definition) is 0. The lowest BCUT2D eigenvalue weighted by atomic mass is 10.1. The predicted molar refractivity (Wildman–Crippen MR) is 75.3 cm³/mol. The molecule has 0 aliphatic carbocycles. The van der Waals surface area contributed by atoms with Crippen molar-refractivity contribution in [3.8, 4) is 0 Å². The maximum atomic E-state index is 3.39. The number of nitrogens with zero attached hydrogens (tertiary/aromatic N) is 1. The van der Waals surface area contributed by atoms with E-state index < -0.39 is 0 Å². The molecule has 2 rings (SSSR count). The maximum Gasteiger partial charge on any atom is 0.0366 e. The zero-order valence-corrected chi connectivity index (χ0v) is 11.1. The van der Waals surface area contributed by atoms with Crippen LogP contribution in [0.1, 0.15) is 24.8 Å². The highest BCUT2D eigenvalue weighted by Gasteiger charge is 2.09. The highest BCUT2D eigenvalue weighted by molar-refractivity contribution is 9.09. The Balaban J connectivity index is 2.03. The van der Waals surface area contributed by atoms with Crippen LogP contribution in [0.25, 0.3) is 6.08 Å². The minimum Gasteiger partial charge on any atom is -0.372 e. The molecule has 1 aliphatic rings. The van der Waals surface area contributed by atoms with Gasteiger partial charge in [-0.2, -0.15) is 0 Å². The first kappa shape index (κ1) is 11.7. The molecule has 0 unspecified atom stereocenters. The molecule has 0 spiro atoms. The van der Waals surface area contributed by atoms with E-state index in [-0.39, 0.29) is 0 Å². The lowest BCUT2D eigenvalue weighted by Crippen LogP contribution is -2.29. The van der Waals surface area contributed by atoms with E-state index in [2.05, 4.69) is 57.2 Å². The van der Waals surface area contributed by atoms with E-state index >= 15 is 0 Å². The molecule has 2 heteroatoms. The summed E-state index contributed by atoms with van der Waals surface area (Å²) in [4.78, 5) is 2.49. The van der Waals surface area contributed by atoms with Crippen molar-refractivity contribution < 1.29 is 0 Å². The van der Waals surface area contributed by atoms with Crippen molar-refractivity contribution in [1.29, 1.82) is 0 Å². The van der Waals surface area contributed by atoms with Crippen LogP contribution >= 0.6 is 15.9 Å². The second-order valence-corrected chi connectivity index (χ2v) is 4.84. The molecule has 1 aromatic rings. The summed E-state index contributed by atoms with van der Waals surface area (Å²) in [7, 11) is 0. The molecule has 0 bridgehead atoms. The molecule has 1 nitrogen and oxygen atoms in total. The van der Waals surface area contributed by atoms with Gasteiger partial charge < -0.3 is 4.90 Å². The molecule has 16 heavy (non-hydrogen) atoms. The normalized spacial score (nSPS) is 16.9. The van der Waals surface area contributed by atoms with E-state index in [1.54, 1.807) is 0 Å². The van der Waals surface area contributed by atoms with Gasteiger partial charge in [0.25, 0.3) is 0 Å². The highest BCUT2D eigenvalue weighted by Crippen LogP contribution is 2.20. The molecule has 1 fully saturated rings. The summed E-state index contributed by atoms with van der Waals surface area (Å²) in [6.45, 7) is 2.44. The van der Waals surface area contributed by atoms with Crippen LogP contribution in [0.3, 0.4) is 0 Å². The van der Waals surface area contributed by atoms with Crippen molar-refractivity contribution >= 4 is 27.7 Å². The largest absolute Gasteiger partial charge is 0.372 e. The predicted octanol–water partition coefficient (Wildman–Crippen LogP) is 4.09. The molecule has 1 aliphatic heterocycles. The molecule has 1 saturated heterocycles. The summed E-state index contributed by atoms with van der Waals surface area (Å²) in [5, 5.41) is 0.918. The van der Waals surface area contributed by atoms with Gasteiger partial charge in [-0.25, -0.2) is 0 Å². The van der Waals surface area contributed by atoms with Crippen molar-refractivity contribution in [2.24, 2.45) is 0 Å². The average Bonchev–Trinajstić information content (AvgIpc) is 2.38. The lowest BCUT2D eigenvalue weighted by molar-refractivity contribution is 0.578. The second kappa shape index (κ2) is 6.09. The fourth-order valence-electron chi connectivity index (χ4n) is 2.13. The Labute approximate surface area is 106 Å². The Bertz CT molecular complexity index is 336. The van der Waals surface area contributed by atoms with E-state index in [0.29, 0.717) is 0 Å². The van der Waals surface area contributed by atoms with Gasteiger partial charge in [0, 0.05) is 24.1 Å². The topological polar surface area (TPSA) is 3.24 Å². The second-order valence-electron chi connectivity index (χ2n) is 4.20. The van der Waals surface area contributed by atoms with E-state index in [1.807, 2.05) is 0 Å². The van der Waals surface area contributed by atoms with E-state index in [0.717, 1.165) is 5.33 Å². The number of hydrogen-bond acceptors (Lipinski definition) is 1. The minimum absolute atomic E-state index is 0.918. The quantitative estimate of drug-likeness (QED) is 0.754. The third kappa shape index (κ3) is 3.11. The number of anilines is 1. The highest BCUT2D eigenvalue weighted by atomic mass is 79.9. The first-order valence-electron chi connectivity index (χ1n) is 5.97. The van der Waals surface area contributed by atoms with Gasteiger partial charge in [0.05, 0.1) is 0 Å². The van der Waals surface area contributed by atoms with Gasteiger partial charge in [-0.1, -0.05) is 40.2 Å². The summed E-state index contributed by atoms with van der Waals surface area (Å²) >= 11 is 3.39. The number of allylic oxidation sites excluding steroid dienone is 1. The fraction of sp³-hybridized carbons (Fsp3) is 0.429. The summed E-state index contributed by atoms with van der Waals surface area (Å²) in [5.74, 6) is 0. The smallest absolute Gasteiger partial charge is 0.0366 e. The lowest BCUT2D eigenvalue weighted by Gasteiger charge is -2.28. The van der Waals surface area contributed by atoms with Crippen LogP contribution in [0.5, 0.6) is 0 Å². The monoisotopic (exact) mass is 279 g/mol. The van der Waals surface area contributed by atoms with Gasteiger partial charge in [-0.15, -0.1) is 0 Å². The third-order valence-corrected chi connectivity index (χ3v) is 3.39. The van der Waals surface area contributed by atoms with E-state index in [4.69, 9.17) is 0 Å². The van der Waals surface area contributed by atoms with Gasteiger partial charge in [0.2, 0.25) is 0 Å². The van der Waals surface area contributed by atoms with Crippen LogP contribution in [0.15, 0.2) is 30.3 Å². The Kier molecular flexibility index (Phi) is 4.46. The zero-order valence-electron chi connectivity index (χ0n) is 9.53. The molecular weight excluding hydrogens is 262 g/mol. The molecule has 1 heterocycles. The fourth-order valence-corrected chi connectivity index (χ4v) is 2.32. The third-order valence-electron chi connectivity index (χ3n) is 3.01. The summed E-state index contributed by atoms with van der Waals surface area (Å²) < 4.78 is 0. The number of alkyl halides is 1. The molecule has 0 N–H and O–H groups in total. The van der Waals surface area contributed by atoms with Crippen LogP contribution in [-0.4, -0.2) is 18.4 Å². The van der Waals surface area contributed by atoms with E-state index in [9.17, 15) is 0 Å². The Hall–Kier alpha value is -0.760. The molecule has 0 saturated carbocycles. The number of piperidine rings is 1. The van der Waals surface area contributed by atoms with Gasteiger partial charge in [-0.3, -0.25) is 0 Å². The standard InChI is InChI=1S/C14H18BrN/c15-10-4-5-13-6-8-14(9-7-13)16-11-2-1-3-12-16/h4-9H,1-3,10-12H2. The van der Waals surface area contributed by atoms with Crippen LogP contribution in [0.2, 0.25) is 0 Å². The molecule has 86 valence electrons. The van der Waals surface area contributed by atoms with Crippen molar-refractivity contribution in [2.45, 2.75) is 19.3 Å². The Morgan fingerprint density at radius 2 is 1.75 bits per heavy atom. The molecule has 0 amide bonds. The average molecular weight is 280 g/mol. The van der Waals surface area contributed by atoms with Crippen LogP contribution in [-0.2, 0) is 0 Å². The number of rotatable bonds is 3. The van der Waals surface area contributed by atoms with Gasteiger partial charge in [0.15, 0.2) is 0 Å². The molecule has 0 radical (unpaired) electrons. The summed E-state index contributed by atoms with van der Waals surface area (Å²) in [6.07, 6.45) is 8.34. The van der Waals surface area contributed by atoms with Crippen molar-refractivity contribution in [3.63, 3.8) is 0 Å². The first-order chi connectivity index (χ1) is 7.90. The van der Waals surface area contributed by atoms with Gasteiger partial charge in [-0.05, 0) is 37.0 Å². The molecular formula is C14H18BrN. The maximum absolute atomic E-state index is 3.39. The van der Waals surface area contributed by atoms with Crippen LogP contribution in [0, 0.1) is 0 Å². The van der Waals surface area contributed by atoms with Gasteiger partial charge >= 0.3 is 0 Å². The SMILES string of the molecule is BrCC=Cc1ccc(N2CCCCC2)cc1. The minimum atomic E-state index is 0.918. The van der Waals surface area contributed by atoms with Crippen LogP contribution < -0.4 is 4.90 Å². The first-order valence-corrected chi connectivity index (χ1v) is 7.10.